The van der Waals surface area contributed by atoms with Gasteiger partial charge in [-0.15, -0.1) is 0 Å². The Balaban J connectivity index is 1.26. The Labute approximate surface area is 173 Å². The van der Waals surface area contributed by atoms with Gasteiger partial charge in [-0.05, 0) is 66.3 Å². The lowest BCUT2D eigenvalue weighted by molar-refractivity contribution is -0.130. The molecule has 2 aliphatic heterocycles. The zero-order valence-corrected chi connectivity index (χ0v) is 17.5. The summed E-state index contributed by atoms with van der Waals surface area (Å²) in [6.45, 7) is 4.45. The lowest BCUT2D eigenvalue weighted by atomic mass is 10.1. The van der Waals surface area contributed by atoms with E-state index < -0.39 is 3.55 Å². The molecule has 0 aromatic heterocycles. The van der Waals surface area contributed by atoms with Gasteiger partial charge in [0.2, 0.25) is 5.91 Å². The van der Waals surface area contributed by atoms with Crippen molar-refractivity contribution in [1.29, 1.82) is 5.26 Å². The van der Waals surface area contributed by atoms with Crippen molar-refractivity contribution in [2.45, 2.75) is 29.4 Å². The summed E-state index contributed by atoms with van der Waals surface area (Å²) in [5.41, 5.74) is 1.89. The smallest absolute Gasteiger partial charge is 0.253 e. The van der Waals surface area contributed by atoms with Crippen molar-refractivity contribution in [2.24, 2.45) is 11.8 Å². The Kier molecular flexibility index (Phi) is 4.89. The van der Waals surface area contributed by atoms with E-state index in [4.69, 9.17) is 0 Å². The molecule has 3 aliphatic rings. The second kappa shape index (κ2) is 7.06. The highest BCUT2D eigenvalue weighted by Gasteiger charge is 2.56. The number of fused-ring (bicyclic) bond motifs is 1. The van der Waals surface area contributed by atoms with Crippen LogP contribution in [0, 0.1) is 30.1 Å². The summed E-state index contributed by atoms with van der Waals surface area (Å²) in [6, 6.07) is 10.3. The van der Waals surface area contributed by atoms with Crippen LogP contribution in [0.5, 0.6) is 0 Å². The summed E-state index contributed by atoms with van der Waals surface area (Å²) >= 11 is 2.10. The molecular weight excluding hydrogens is 455 g/mol. The zero-order chi connectivity index (χ0) is 19.2. The van der Waals surface area contributed by atoms with Crippen molar-refractivity contribution < 1.29 is 9.59 Å². The van der Waals surface area contributed by atoms with Crippen molar-refractivity contribution in [1.82, 2.24) is 15.1 Å². The molecule has 4 rings (SSSR count). The summed E-state index contributed by atoms with van der Waals surface area (Å²) < 4.78 is -0.687. The second-order valence-corrected chi connectivity index (χ2v) is 9.62. The fraction of sp³-hybridized carbons (Fsp3) is 0.550. The summed E-state index contributed by atoms with van der Waals surface area (Å²) in [4.78, 5) is 28.7. The van der Waals surface area contributed by atoms with Crippen LogP contribution in [0.15, 0.2) is 24.3 Å². The Hall–Kier alpha value is -1.66. The van der Waals surface area contributed by atoms with Gasteiger partial charge in [-0.1, -0.05) is 17.7 Å². The van der Waals surface area contributed by atoms with Crippen LogP contribution in [-0.2, 0) is 4.79 Å². The van der Waals surface area contributed by atoms with Crippen LogP contribution in [-0.4, -0.2) is 57.4 Å². The first-order valence-corrected chi connectivity index (χ1v) is 10.5. The van der Waals surface area contributed by atoms with Gasteiger partial charge in [0, 0.05) is 31.2 Å². The molecule has 1 aliphatic carbocycles. The van der Waals surface area contributed by atoms with Gasteiger partial charge in [-0.3, -0.25) is 9.59 Å². The maximum Gasteiger partial charge on any atom is 0.253 e. The second-order valence-electron chi connectivity index (χ2n) is 7.83. The van der Waals surface area contributed by atoms with E-state index in [9.17, 15) is 14.9 Å². The third kappa shape index (κ3) is 3.45. The average Bonchev–Trinajstić information content (AvgIpc) is 3.01. The van der Waals surface area contributed by atoms with E-state index in [1.807, 2.05) is 36.1 Å². The number of amides is 2. The Bertz CT molecular complexity index is 793. The van der Waals surface area contributed by atoms with Crippen molar-refractivity contribution in [3.63, 3.8) is 0 Å². The summed E-state index contributed by atoms with van der Waals surface area (Å²) in [6.07, 6.45) is 1.62. The van der Waals surface area contributed by atoms with Crippen LogP contribution in [0.3, 0.4) is 0 Å². The van der Waals surface area contributed by atoms with Crippen molar-refractivity contribution >= 4 is 34.4 Å². The number of piperidine rings is 1. The van der Waals surface area contributed by atoms with E-state index in [-0.39, 0.29) is 18.4 Å². The van der Waals surface area contributed by atoms with E-state index >= 15 is 0 Å². The predicted octanol–water partition coefficient (Wildman–Crippen LogP) is 1.93. The molecule has 3 atom stereocenters. The molecule has 27 heavy (non-hydrogen) atoms. The molecule has 2 amide bonds. The van der Waals surface area contributed by atoms with Gasteiger partial charge >= 0.3 is 0 Å². The topological polar surface area (TPSA) is 76.4 Å². The molecule has 6 nitrogen and oxygen atoms in total. The van der Waals surface area contributed by atoms with Gasteiger partial charge in [-0.25, -0.2) is 0 Å². The van der Waals surface area contributed by atoms with Crippen LogP contribution in [0.4, 0.5) is 0 Å². The number of alkyl halides is 1. The number of aryl methyl sites for hydroxylation is 1. The summed E-state index contributed by atoms with van der Waals surface area (Å²) in [5, 5.41) is 12.7. The molecule has 0 radical (unpaired) electrons. The first-order chi connectivity index (χ1) is 12.9. The highest BCUT2D eigenvalue weighted by molar-refractivity contribution is 14.1. The molecule has 1 N–H and O–H groups in total. The number of likely N-dealkylation sites (tertiary alicyclic amines) is 2. The van der Waals surface area contributed by atoms with Crippen molar-refractivity contribution in [2.75, 3.05) is 26.2 Å². The van der Waals surface area contributed by atoms with Crippen molar-refractivity contribution in [3.05, 3.63) is 35.4 Å². The molecule has 0 spiro atoms. The van der Waals surface area contributed by atoms with E-state index in [1.54, 1.807) is 4.90 Å². The van der Waals surface area contributed by atoms with E-state index in [0.717, 1.165) is 37.1 Å². The molecule has 2 unspecified atom stereocenters. The Morgan fingerprint density at radius 2 is 1.96 bits per heavy atom. The fourth-order valence-electron chi connectivity index (χ4n) is 4.40. The first kappa shape index (κ1) is 18.7. The van der Waals surface area contributed by atoms with E-state index in [1.165, 1.54) is 0 Å². The number of halogens is 1. The van der Waals surface area contributed by atoms with Crippen LogP contribution >= 0.6 is 22.6 Å². The van der Waals surface area contributed by atoms with Gasteiger partial charge in [0.15, 0.2) is 3.55 Å². The quantitative estimate of drug-likeness (QED) is 0.408. The third-order valence-electron chi connectivity index (χ3n) is 6.06. The molecular formula is C20H23IN4O2. The monoisotopic (exact) mass is 478 g/mol. The van der Waals surface area contributed by atoms with Gasteiger partial charge < -0.3 is 15.1 Å². The molecule has 1 aromatic carbocycles. The minimum Gasteiger partial charge on any atom is -0.338 e. The minimum atomic E-state index is -0.687. The minimum absolute atomic E-state index is 0.000936. The Morgan fingerprint density at radius 1 is 1.30 bits per heavy atom. The molecule has 2 saturated heterocycles. The standard InChI is InChI=1S/C20H23IN4O2/c1-13-3-5-14(6-4-13)19(27)24-10-15-16(11-24)18(15)23-9-17(26)25-8-2-7-20(25,21)12-22/h3-6,15-16,18,23H,2,7-11H2,1H3/t15?,16?,18?,20-/m1/s1. The number of nitrogens with one attached hydrogen (secondary N) is 1. The highest BCUT2D eigenvalue weighted by atomic mass is 127. The zero-order valence-electron chi connectivity index (χ0n) is 15.3. The number of rotatable bonds is 4. The average molecular weight is 478 g/mol. The summed E-state index contributed by atoms with van der Waals surface area (Å²) in [7, 11) is 0. The number of carbonyl (C=O) groups excluding carboxylic acids is 2. The fourth-order valence-corrected chi connectivity index (χ4v) is 5.29. The molecule has 3 fully saturated rings. The van der Waals surface area contributed by atoms with Crippen LogP contribution in [0.25, 0.3) is 0 Å². The number of hydrogen-bond donors (Lipinski definition) is 1. The molecule has 2 heterocycles. The van der Waals surface area contributed by atoms with Crippen LogP contribution in [0.2, 0.25) is 0 Å². The molecule has 142 valence electrons. The van der Waals surface area contributed by atoms with Gasteiger partial charge in [-0.2, -0.15) is 5.26 Å². The number of carbonyl (C=O) groups is 2. The summed E-state index contributed by atoms with van der Waals surface area (Å²) in [5.74, 6) is 0.969. The van der Waals surface area contributed by atoms with Gasteiger partial charge in [0.05, 0.1) is 6.54 Å². The lowest BCUT2D eigenvalue weighted by Crippen LogP contribution is -2.46. The van der Waals surface area contributed by atoms with E-state index in [2.05, 4.69) is 34.0 Å². The SMILES string of the molecule is Cc1ccc(C(=O)N2CC3C(C2)C3NCC(=O)N2CCC[C@]2(I)C#N)cc1. The van der Waals surface area contributed by atoms with Crippen LogP contribution in [0.1, 0.15) is 28.8 Å². The van der Waals surface area contributed by atoms with Crippen molar-refractivity contribution in [3.8, 4) is 6.07 Å². The number of nitrogens with zero attached hydrogens (tertiary/aromatic N) is 3. The third-order valence-corrected chi connectivity index (χ3v) is 7.42. The number of hydrogen-bond acceptors (Lipinski definition) is 4. The van der Waals surface area contributed by atoms with Gasteiger partial charge in [0.25, 0.3) is 5.91 Å². The number of nitriles is 1. The molecule has 1 aromatic rings. The maximum atomic E-state index is 12.6. The van der Waals surface area contributed by atoms with Gasteiger partial charge in [0.1, 0.15) is 6.07 Å². The molecule has 1 saturated carbocycles. The molecule has 7 heteroatoms. The predicted molar refractivity (Wildman–Crippen MR) is 109 cm³/mol. The number of benzene rings is 1. The highest BCUT2D eigenvalue weighted by Crippen LogP contribution is 2.46. The first-order valence-electron chi connectivity index (χ1n) is 9.43. The lowest BCUT2D eigenvalue weighted by Gasteiger charge is -2.27. The molecule has 0 bridgehead atoms. The van der Waals surface area contributed by atoms with Crippen LogP contribution < -0.4 is 5.32 Å². The van der Waals surface area contributed by atoms with E-state index in [0.29, 0.717) is 24.4 Å². The normalized spacial score (nSPS) is 31.5. The largest absolute Gasteiger partial charge is 0.338 e. The Morgan fingerprint density at radius 3 is 2.59 bits per heavy atom. The maximum absolute atomic E-state index is 12.6.